The molecule has 0 bridgehead atoms. The summed E-state index contributed by atoms with van der Waals surface area (Å²) in [7, 11) is -2.30. The van der Waals surface area contributed by atoms with E-state index in [2.05, 4.69) is 10.1 Å². The molecule has 0 aliphatic rings. The quantitative estimate of drug-likeness (QED) is 0.645. The molecule has 0 unspecified atom stereocenters. The molecule has 2 heterocycles. The van der Waals surface area contributed by atoms with Gasteiger partial charge in [0.1, 0.15) is 0 Å². The van der Waals surface area contributed by atoms with Gasteiger partial charge in [-0.05, 0) is 0 Å². The normalized spacial score (nSPS) is 12.1. The molecule has 0 atom stereocenters. The van der Waals surface area contributed by atoms with Crippen LogP contribution in [0, 0.1) is 0 Å². The molecule has 0 radical (unpaired) electrons. The molecule has 0 aromatic carbocycles. The summed E-state index contributed by atoms with van der Waals surface area (Å²) in [5, 5.41) is 8.76. The van der Waals surface area contributed by atoms with Gasteiger partial charge in [-0.3, -0.25) is 9.48 Å². The van der Waals surface area contributed by atoms with Crippen molar-refractivity contribution in [1.82, 2.24) is 14.8 Å². The molecule has 0 spiro atoms. The van der Waals surface area contributed by atoms with Crippen molar-refractivity contribution in [1.29, 1.82) is 0 Å². The Bertz CT molecular complexity index is 682. The number of aryl methyl sites for hydroxylation is 1. The molecule has 3 N–H and O–H groups in total. The summed E-state index contributed by atoms with van der Waals surface area (Å²) >= 11 is 0. The molecule has 8 heteroatoms. The second-order valence-corrected chi connectivity index (χ2v) is 4.60. The van der Waals surface area contributed by atoms with E-state index in [9.17, 15) is 13.2 Å². The summed E-state index contributed by atoms with van der Waals surface area (Å²) in [5.74, 6) is 0. The smallest absolute Gasteiger partial charge is 0.260 e. The monoisotopic (exact) mass is 228 g/mol. The standard InChI is InChI=1S/C7H8N4O3S/c1-11-5-2-6(15(8,13)14)10-7(12)4(5)3-9-11/h2-3H,1H3,(H,10,12)(H2,8,13,14). The van der Waals surface area contributed by atoms with Gasteiger partial charge in [0, 0.05) is 13.1 Å². The number of aromatic nitrogens is 3. The summed E-state index contributed by atoms with van der Waals surface area (Å²) in [4.78, 5) is 13.6. The van der Waals surface area contributed by atoms with Crippen LogP contribution in [0.3, 0.4) is 0 Å². The Labute approximate surface area is 84.6 Å². The van der Waals surface area contributed by atoms with E-state index in [4.69, 9.17) is 5.14 Å². The summed E-state index contributed by atoms with van der Waals surface area (Å²) in [6.45, 7) is 0. The van der Waals surface area contributed by atoms with Crippen molar-refractivity contribution in [3.63, 3.8) is 0 Å². The van der Waals surface area contributed by atoms with Gasteiger partial charge in [-0.25, -0.2) is 13.6 Å². The summed E-state index contributed by atoms with van der Waals surface area (Å²) < 4.78 is 23.5. The largest absolute Gasteiger partial charge is 0.311 e. The fourth-order valence-corrected chi connectivity index (χ4v) is 1.80. The van der Waals surface area contributed by atoms with Gasteiger partial charge < -0.3 is 4.98 Å². The van der Waals surface area contributed by atoms with Crippen molar-refractivity contribution >= 4 is 20.9 Å². The third-order valence-corrected chi connectivity index (χ3v) is 2.87. The van der Waals surface area contributed by atoms with Crippen molar-refractivity contribution in [2.45, 2.75) is 5.03 Å². The number of sulfonamides is 1. The number of H-pyrrole nitrogens is 1. The maximum absolute atomic E-state index is 11.4. The molecule has 0 aliphatic heterocycles. The fraction of sp³-hybridized carbons (Fsp3) is 0.143. The van der Waals surface area contributed by atoms with Gasteiger partial charge >= 0.3 is 0 Å². The number of nitrogens with zero attached hydrogens (tertiary/aromatic N) is 2. The minimum absolute atomic E-state index is 0.316. The molecule has 0 amide bonds. The average molecular weight is 228 g/mol. The second-order valence-electron chi connectivity index (χ2n) is 3.07. The molecule has 80 valence electrons. The number of nitrogens with two attached hydrogens (primary N) is 1. The number of rotatable bonds is 1. The summed E-state index contributed by atoms with van der Waals surface area (Å²) in [6, 6.07) is 1.28. The van der Waals surface area contributed by atoms with Crippen molar-refractivity contribution in [2.24, 2.45) is 12.2 Å². The molecule has 15 heavy (non-hydrogen) atoms. The lowest BCUT2D eigenvalue weighted by Crippen LogP contribution is -2.19. The SMILES string of the molecule is Cn1ncc2c(=O)[nH]c(S(N)(=O)=O)cc21. The highest BCUT2D eigenvalue weighted by Gasteiger charge is 2.13. The number of aromatic amines is 1. The number of nitrogens with one attached hydrogen (secondary N) is 1. The Morgan fingerprint density at radius 3 is 2.80 bits per heavy atom. The minimum atomic E-state index is -3.91. The Balaban J connectivity index is 2.95. The molecule has 0 saturated heterocycles. The Morgan fingerprint density at radius 1 is 1.53 bits per heavy atom. The van der Waals surface area contributed by atoms with Gasteiger partial charge in [0.05, 0.1) is 17.1 Å². The Morgan fingerprint density at radius 2 is 2.20 bits per heavy atom. The van der Waals surface area contributed by atoms with Gasteiger partial charge in [-0.15, -0.1) is 0 Å². The van der Waals surface area contributed by atoms with E-state index in [1.807, 2.05) is 0 Å². The predicted molar refractivity (Wildman–Crippen MR) is 52.7 cm³/mol. The lowest BCUT2D eigenvalue weighted by atomic mass is 10.3. The highest BCUT2D eigenvalue weighted by molar-refractivity contribution is 7.89. The van der Waals surface area contributed by atoms with E-state index in [1.54, 1.807) is 7.05 Å². The van der Waals surface area contributed by atoms with Crippen LogP contribution in [-0.2, 0) is 17.1 Å². The van der Waals surface area contributed by atoms with Crippen molar-refractivity contribution < 1.29 is 8.42 Å². The van der Waals surface area contributed by atoms with E-state index in [1.165, 1.54) is 16.9 Å². The van der Waals surface area contributed by atoms with E-state index >= 15 is 0 Å². The van der Waals surface area contributed by atoms with Crippen LogP contribution in [0.25, 0.3) is 10.9 Å². The van der Waals surface area contributed by atoms with Gasteiger partial charge in [0.2, 0.25) is 0 Å². The number of hydrogen-bond donors (Lipinski definition) is 2. The predicted octanol–water partition coefficient (Wildman–Crippen LogP) is -1.09. The zero-order chi connectivity index (χ0) is 11.2. The number of pyridine rings is 1. The molecule has 2 rings (SSSR count). The van der Waals surface area contributed by atoms with Gasteiger partial charge in [-0.2, -0.15) is 5.10 Å². The lowest BCUT2D eigenvalue weighted by molar-refractivity contribution is 0.594. The van der Waals surface area contributed by atoms with Crippen molar-refractivity contribution in [3.05, 3.63) is 22.6 Å². The topological polar surface area (TPSA) is 111 Å². The van der Waals surface area contributed by atoms with Crippen molar-refractivity contribution in [3.8, 4) is 0 Å². The van der Waals surface area contributed by atoms with Gasteiger partial charge in [0.25, 0.3) is 15.6 Å². The molecule has 0 fully saturated rings. The van der Waals surface area contributed by atoms with Crippen LogP contribution in [-0.4, -0.2) is 23.2 Å². The van der Waals surface area contributed by atoms with Crippen LogP contribution in [0.5, 0.6) is 0 Å². The van der Waals surface area contributed by atoms with Crippen LogP contribution in [0.1, 0.15) is 0 Å². The van der Waals surface area contributed by atoms with E-state index in [-0.39, 0.29) is 5.03 Å². The molecule has 2 aromatic rings. The minimum Gasteiger partial charge on any atom is -0.311 e. The van der Waals surface area contributed by atoms with Crippen LogP contribution in [0.2, 0.25) is 0 Å². The zero-order valence-electron chi connectivity index (χ0n) is 7.76. The Kier molecular flexibility index (Phi) is 1.91. The number of primary sulfonamides is 1. The maximum Gasteiger partial charge on any atom is 0.260 e. The van der Waals surface area contributed by atoms with Crippen molar-refractivity contribution in [2.75, 3.05) is 0 Å². The first-order valence-corrected chi connectivity index (χ1v) is 5.52. The van der Waals surface area contributed by atoms with Crippen LogP contribution < -0.4 is 10.7 Å². The number of fused-ring (bicyclic) bond motifs is 1. The maximum atomic E-state index is 11.4. The first kappa shape index (κ1) is 9.87. The molecule has 2 aromatic heterocycles. The number of hydrogen-bond acceptors (Lipinski definition) is 4. The highest BCUT2D eigenvalue weighted by Crippen LogP contribution is 2.10. The first-order chi connectivity index (χ1) is 6.89. The third kappa shape index (κ3) is 1.53. The Hall–Kier alpha value is -1.67. The lowest BCUT2D eigenvalue weighted by Gasteiger charge is -1.98. The van der Waals surface area contributed by atoms with E-state index in [0.717, 1.165) is 0 Å². The fourth-order valence-electron chi connectivity index (χ4n) is 1.29. The third-order valence-electron chi connectivity index (χ3n) is 2.04. The van der Waals surface area contributed by atoms with E-state index in [0.29, 0.717) is 10.9 Å². The van der Waals surface area contributed by atoms with Crippen LogP contribution >= 0.6 is 0 Å². The van der Waals surface area contributed by atoms with Gasteiger partial charge in [0.15, 0.2) is 5.03 Å². The molecular weight excluding hydrogens is 220 g/mol. The van der Waals surface area contributed by atoms with E-state index < -0.39 is 15.6 Å². The second kappa shape index (κ2) is 2.91. The molecule has 0 saturated carbocycles. The molecular formula is C7H8N4O3S. The molecule has 7 nitrogen and oxygen atoms in total. The summed E-state index contributed by atoms with van der Waals surface area (Å²) in [6.07, 6.45) is 1.36. The van der Waals surface area contributed by atoms with Crippen LogP contribution in [0.15, 0.2) is 22.1 Å². The average Bonchev–Trinajstić information content (AvgIpc) is 2.47. The summed E-state index contributed by atoms with van der Waals surface area (Å²) in [5.41, 5.74) is -0.104. The van der Waals surface area contributed by atoms with Crippen LogP contribution in [0.4, 0.5) is 0 Å². The highest BCUT2D eigenvalue weighted by atomic mass is 32.2. The molecule has 0 aliphatic carbocycles. The first-order valence-electron chi connectivity index (χ1n) is 3.97. The van der Waals surface area contributed by atoms with Gasteiger partial charge in [-0.1, -0.05) is 0 Å². The zero-order valence-corrected chi connectivity index (χ0v) is 8.58.